The molecule has 0 aromatic rings. The summed E-state index contributed by atoms with van der Waals surface area (Å²) in [6, 6.07) is -1.25. The fraction of sp³-hybridized carbons (Fsp3) is 0.857. The van der Waals surface area contributed by atoms with Crippen molar-refractivity contribution in [3.63, 3.8) is 0 Å². The molecular formula is C49H93NO6S. The van der Waals surface area contributed by atoms with Crippen molar-refractivity contribution in [2.24, 2.45) is 0 Å². The Morgan fingerprint density at radius 2 is 0.789 bits per heavy atom. The van der Waals surface area contributed by atoms with E-state index < -0.39 is 40.0 Å². The number of amides is 1. The minimum absolute atomic E-state index is 0.268. The van der Waals surface area contributed by atoms with E-state index in [-0.39, 0.29) is 6.42 Å². The van der Waals surface area contributed by atoms with Gasteiger partial charge in [-0.15, -0.1) is 0 Å². The summed E-state index contributed by atoms with van der Waals surface area (Å²) < 4.78 is 32.7. The lowest BCUT2D eigenvalue weighted by Gasteiger charge is -2.22. The SMILES string of the molecule is CCCCCCCCCCC/C=C\CCCCCCCCC(O)C(=O)NC(CS(=O)(=O)O)C(O)/C=C/CC/C=C/CCCCCCCCCCCCCCCCC. The van der Waals surface area contributed by atoms with Crippen LogP contribution in [0.2, 0.25) is 0 Å². The van der Waals surface area contributed by atoms with E-state index in [0.717, 1.165) is 38.5 Å². The van der Waals surface area contributed by atoms with Crippen LogP contribution in [0.5, 0.6) is 0 Å². The first kappa shape index (κ1) is 55.5. The summed E-state index contributed by atoms with van der Waals surface area (Å²) >= 11 is 0. The van der Waals surface area contributed by atoms with Gasteiger partial charge in [-0.2, -0.15) is 8.42 Å². The van der Waals surface area contributed by atoms with E-state index in [4.69, 9.17) is 0 Å². The van der Waals surface area contributed by atoms with Gasteiger partial charge in [-0.3, -0.25) is 9.35 Å². The highest BCUT2D eigenvalue weighted by atomic mass is 32.2. The standard InChI is InChI=1S/C49H93NO6S/c1-3-5-7-9-11-13-15-17-19-21-23-24-26-27-29-31-33-35-37-39-41-43-47(51)46(45-57(54,55)56)50-49(53)48(52)44-42-40-38-36-34-32-30-28-25-22-20-18-16-14-12-10-8-6-4-2/h25,28,33,35,41,43,46-48,51-52H,3-24,26-27,29-32,34,36-40,42,44-45H2,1-2H3,(H,50,53)(H,54,55,56)/b28-25-,35-33+,43-41+. The van der Waals surface area contributed by atoms with Crippen LogP contribution >= 0.6 is 0 Å². The highest BCUT2D eigenvalue weighted by Gasteiger charge is 2.27. The average Bonchev–Trinajstić information content (AvgIpc) is 3.18. The number of aliphatic hydroxyl groups is 2. The molecule has 0 aliphatic carbocycles. The first-order chi connectivity index (χ1) is 27.7. The maximum Gasteiger partial charge on any atom is 0.267 e. The van der Waals surface area contributed by atoms with Crippen molar-refractivity contribution in [1.82, 2.24) is 5.32 Å². The third-order valence-electron chi connectivity index (χ3n) is 11.1. The molecule has 3 atom stereocenters. The molecule has 0 radical (unpaired) electrons. The Balaban J connectivity index is 3.98. The first-order valence-corrected chi connectivity index (χ1v) is 25.9. The van der Waals surface area contributed by atoms with Gasteiger partial charge in [0.15, 0.2) is 0 Å². The largest absolute Gasteiger partial charge is 0.387 e. The van der Waals surface area contributed by atoms with Gasteiger partial charge in [0.25, 0.3) is 10.1 Å². The van der Waals surface area contributed by atoms with Crippen LogP contribution in [0.4, 0.5) is 0 Å². The predicted molar refractivity (Wildman–Crippen MR) is 245 cm³/mol. The van der Waals surface area contributed by atoms with Crippen molar-refractivity contribution in [3.05, 3.63) is 36.5 Å². The second-order valence-electron chi connectivity index (χ2n) is 16.9. The molecule has 0 rings (SSSR count). The van der Waals surface area contributed by atoms with Crippen LogP contribution in [0, 0.1) is 0 Å². The van der Waals surface area contributed by atoms with E-state index >= 15 is 0 Å². The Morgan fingerprint density at radius 1 is 0.474 bits per heavy atom. The Kier molecular flexibility index (Phi) is 41.5. The van der Waals surface area contributed by atoms with E-state index in [9.17, 15) is 28.0 Å². The minimum atomic E-state index is -4.46. The molecule has 0 spiro atoms. The Bertz CT molecular complexity index is 1060. The van der Waals surface area contributed by atoms with Gasteiger partial charge < -0.3 is 15.5 Å². The molecule has 0 aliphatic rings. The van der Waals surface area contributed by atoms with Crippen molar-refractivity contribution in [1.29, 1.82) is 0 Å². The van der Waals surface area contributed by atoms with Crippen LogP contribution in [0.1, 0.15) is 245 Å². The summed E-state index contributed by atoms with van der Waals surface area (Å²) in [5, 5.41) is 23.5. The molecule has 0 saturated carbocycles. The fourth-order valence-electron chi connectivity index (χ4n) is 7.41. The topological polar surface area (TPSA) is 124 Å². The van der Waals surface area contributed by atoms with Gasteiger partial charge in [0.1, 0.15) is 6.10 Å². The second kappa shape index (κ2) is 42.6. The molecule has 7 nitrogen and oxygen atoms in total. The van der Waals surface area contributed by atoms with Crippen LogP contribution in [0.3, 0.4) is 0 Å². The lowest BCUT2D eigenvalue weighted by Crippen LogP contribution is -2.50. The molecular weight excluding hydrogens is 731 g/mol. The van der Waals surface area contributed by atoms with E-state index in [1.807, 2.05) is 0 Å². The average molecular weight is 824 g/mol. The first-order valence-electron chi connectivity index (χ1n) is 24.3. The van der Waals surface area contributed by atoms with Gasteiger partial charge in [-0.25, -0.2) is 0 Å². The Hall–Kier alpha value is -1.48. The maximum atomic E-state index is 12.6. The van der Waals surface area contributed by atoms with Gasteiger partial charge in [-0.1, -0.05) is 224 Å². The second-order valence-corrected chi connectivity index (χ2v) is 18.4. The number of nitrogens with one attached hydrogen (secondary N) is 1. The molecule has 8 heteroatoms. The highest BCUT2D eigenvalue weighted by molar-refractivity contribution is 7.85. The zero-order valence-corrected chi connectivity index (χ0v) is 38.2. The summed E-state index contributed by atoms with van der Waals surface area (Å²) in [7, 11) is -4.46. The minimum Gasteiger partial charge on any atom is -0.387 e. The number of unbranched alkanes of at least 4 members (excludes halogenated alkanes) is 31. The summed E-state index contributed by atoms with van der Waals surface area (Å²) in [5.74, 6) is -1.56. The molecule has 57 heavy (non-hydrogen) atoms. The molecule has 0 bridgehead atoms. The molecule has 4 N–H and O–H groups in total. The molecule has 0 saturated heterocycles. The van der Waals surface area contributed by atoms with Crippen molar-refractivity contribution >= 4 is 16.0 Å². The van der Waals surface area contributed by atoms with Crippen molar-refractivity contribution in [3.8, 4) is 0 Å². The number of hydrogen-bond donors (Lipinski definition) is 4. The molecule has 3 unspecified atom stereocenters. The number of aliphatic hydroxyl groups excluding tert-OH is 2. The molecule has 0 aliphatic heterocycles. The normalized spacial score (nSPS) is 14.0. The third kappa shape index (κ3) is 42.5. The summed E-state index contributed by atoms with van der Waals surface area (Å²) in [5.41, 5.74) is 0. The van der Waals surface area contributed by atoms with Crippen molar-refractivity contribution in [2.45, 2.75) is 263 Å². The number of carbonyl (C=O) groups excluding carboxylic acids is 1. The van der Waals surface area contributed by atoms with Gasteiger partial charge in [-0.05, 0) is 57.8 Å². The van der Waals surface area contributed by atoms with Crippen molar-refractivity contribution < 1.29 is 28.0 Å². The fourth-order valence-corrected chi connectivity index (χ4v) is 8.14. The highest BCUT2D eigenvalue weighted by Crippen LogP contribution is 2.15. The Labute approximate surface area is 353 Å². The maximum absolute atomic E-state index is 12.6. The van der Waals surface area contributed by atoms with Gasteiger partial charge >= 0.3 is 0 Å². The van der Waals surface area contributed by atoms with Crippen molar-refractivity contribution in [2.75, 3.05) is 5.75 Å². The monoisotopic (exact) mass is 824 g/mol. The smallest absolute Gasteiger partial charge is 0.267 e. The van der Waals surface area contributed by atoms with Gasteiger partial charge in [0, 0.05) is 0 Å². The summed E-state index contributed by atoms with van der Waals surface area (Å²) in [4.78, 5) is 12.6. The van der Waals surface area contributed by atoms with E-state index in [2.05, 4.69) is 43.5 Å². The molecule has 336 valence electrons. The van der Waals surface area contributed by atoms with Crippen LogP contribution in [0.25, 0.3) is 0 Å². The zero-order valence-electron chi connectivity index (χ0n) is 37.3. The number of allylic oxidation sites excluding steroid dienone is 5. The zero-order chi connectivity index (χ0) is 41.9. The number of hydrogen-bond acceptors (Lipinski definition) is 5. The molecule has 0 fully saturated rings. The molecule has 0 heterocycles. The lowest BCUT2D eigenvalue weighted by atomic mass is 10.0. The van der Waals surface area contributed by atoms with E-state index in [1.54, 1.807) is 6.08 Å². The van der Waals surface area contributed by atoms with E-state index in [0.29, 0.717) is 12.8 Å². The molecule has 0 aromatic heterocycles. The van der Waals surface area contributed by atoms with Gasteiger partial charge in [0.2, 0.25) is 5.91 Å². The molecule has 0 aromatic carbocycles. The number of rotatable bonds is 44. The van der Waals surface area contributed by atoms with Crippen LogP contribution in [-0.4, -0.2) is 53.1 Å². The quantitative estimate of drug-likeness (QED) is 0.0276. The molecule has 1 amide bonds. The van der Waals surface area contributed by atoms with Crippen LogP contribution in [-0.2, 0) is 14.9 Å². The van der Waals surface area contributed by atoms with E-state index in [1.165, 1.54) is 179 Å². The third-order valence-corrected chi connectivity index (χ3v) is 11.9. The predicted octanol–water partition coefficient (Wildman–Crippen LogP) is 13.8. The van der Waals surface area contributed by atoms with Gasteiger partial charge in [0.05, 0.1) is 17.9 Å². The summed E-state index contributed by atoms with van der Waals surface area (Å²) in [6.07, 6.45) is 53.5. The Morgan fingerprint density at radius 3 is 1.16 bits per heavy atom. The lowest BCUT2D eigenvalue weighted by molar-refractivity contribution is -0.130. The van der Waals surface area contributed by atoms with Crippen LogP contribution in [0.15, 0.2) is 36.5 Å². The summed E-state index contributed by atoms with van der Waals surface area (Å²) in [6.45, 7) is 4.54. The number of carbonyl (C=O) groups is 1. The van der Waals surface area contributed by atoms with Crippen LogP contribution < -0.4 is 5.32 Å².